The number of carbonyl (C=O) groups excluding carboxylic acids is 1. The second-order valence-corrected chi connectivity index (χ2v) is 8.40. The van der Waals surface area contributed by atoms with Gasteiger partial charge in [-0.05, 0) is 40.6 Å². The molecule has 0 atom stereocenters. The molecule has 0 N–H and O–H groups in total. The number of esters is 1. The molecule has 0 radical (unpaired) electrons. The van der Waals surface area contributed by atoms with Crippen molar-refractivity contribution in [1.82, 2.24) is 4.57 Å². The Hall–Kier alpha value is -4.09. The molecule has 1 aliphatic rings. The van der Waals surface area contributed by atoms with Crippen LogP contribution in [0.5, 0.6) is 5.75 Å². The van der Waals surface area contributed by atoms with Crippen LogP contribution in [0.3, 0.4) is 0 Å². The first-order chi connectivity index (χ1) is 16.7. The summed E-state index contributed by atoms with van der Waals surface area (Å²) in [6, 6.07) is 26.6. The Kier molecular flexibility index (Phi) is 4.85. The van der Waals surface area contributed by atoms with Crippen molar-refractivity contribution >= 4 is 27.6 Å². The Balaban J connectivity index is 1.76. The van der Waals surface area contributed by atoms with Crippen molar-refractivity contribution in [3.8, 4) is 28.1 Å². The van der Waals surface area contributed by atoms with Gasteiger partial charge in [0.25, 0.3) is 0 Å². The maximum atomic E-state index is 12.4. The van der Waals surface area contributed by atoms with Gasteiger partial charge in [0.15, 0.2) is 6.79 Å². The van der Waals surface area contributed by atoms with Crippen molar-refractivity contribution in [2.75, 3.05) is 21.0 Å². The number of ether oxygens (including phenoxy) is 3. The molecule has 1 aliphatic heterocycles. The third-order valence-electron chi connectivity index (χ3n) is 6.56. The number of methoxy groups -OCH3 is 2. The highest BCUT2D eigenvalue weighted by Gasteiger charge is 2.29. The molecule has 4 aromatic carbocycles. The first kappa shape index (κ1) is 20.5. The van der Waals surface area contributed by atoms with Crippen molar-refractivity contribution in [2.24, 2.45) is 0 Å². The average molecular weight is 450 g/mol. The summed E-state index contributed by atoms with van der Waals surface area (Å²) in [5.74, 6) is 0.386. The minimum absolute atomic E-state index is 0.142. The molecular weight excluding hydrogens is 426 g/mol. The lowest BCUT2D eigenvalue weighted by Crippen LogP contribution is -2.02. The molecule has 0 amide bonds. The molecule has 0 saturated carbocycles. The molecular formula is C29H23NO4. The molecule has 0 spiro atoms. The number of fused-ring (bicyclic) bond motifs is 6. The average Bonchev–Trinajstić information content (AvgIpc) is 3.41. The van der Waals surface area contributed by atoms with Crippen LogP contribution in [0, 0.1) is 0 Å². The molecule has 168 valence electrons. The molecule has 5 aromatic rings. The second kappa shape index (κ2) is 8.04. The van der Waals surface area contributed by atoms with Gasteiger partial charge in [0.2, 0.25) is 0 Å². The van der Waals surface area contributed by atoms with Gasteiger partial charge in [0.05, 0.1) is 18.4 Å². The van der Waals surface area contributed by atoms with E-state index in [2.05, 4.69) is 47.0 Å². The fraction of sp³-hybridized carbons (Fsp3) is 0.138. The zero-order chi connectivity index (χ0) is 23.2. The van der Waals surface area contributed by atoms with E-state index in [1.807, 2.05) is 36.4 Å². The van der Waals surface area contributed by atoms with Gasteiger partial charge >= 0.3 is 5.97 Å². The first-order valence-electron chi connectivity index (χ1n) is 11.2. The third kappa shape index (κ3) is 3.01. The summed E-state index contributed by atoms with van der Waals surface area (Å²) in [5, 5.41) is 3.19. The van der Waals surface area contributed by atoms with Crippen LogP contribution in [0.25, 0.3) is 44.1 Å². The molecule has 0 aliphatic carbocycles. The Morgan fingerprint density at radius 2 is 1.71 bits per heavy atom. The monoisotopic (exact) mass is 449 g/mol. The standard InChI is InChI=1S/C29H23NO4/c1-32-17-34-25-14-12-18-7-3-5-9-21(18)26(25)27-23-15-19(29(31)33-2)11-13-24(23)30-16-20-8-4-6-10-22(20)28(27)30/h3-15H,16-17H2,1-2H3. The van der Waals surface area contributed by atoms with Crippen LogP contribution < -0.4 is 4.74 Å². The Morgan fingerprint density at radius 1 is 0.882 bits per heavy atom. The Bertz CT molecular complexity index is 1580. The summed E-state index contributed by atoms with van der Waals surface area (Å²) >= 11 is 0. The predicted molar refractivity (Wildman–Crippen MR) is 133 cm³/mol. The largest absolute Gasteiger partial charge is 0.467 e. The van der Waals surface area contributed by atoms with Gasteiger partial charge in [-0.15, -0.1) is 0 Å². The highest BCUT2D eigenvalue weighted by molar-refractivity contribution is 6.14. The Morgan fingerprint density at radius 3 is 2.56 bits per heavy atom. The van der Waals surface area contributed by atoms with Crippen molar-refractivity contribution in [1.29, 1.82) is 0 Å². The van der Waals surface area contributed by atoms with E-state index in [0.717, 1.165) is 50.8 Å². The van der Waals surface area contributed by atoms with E-state index >= 15 is 0 Å². The molecule has 34 heavy (non-hydrogen) atoms. The fourth-order valence-corrected chi connectivity index (χ4v) is 5.11. The first-order valence-corrected chi connectivity index (χ1v) is 11.2. The molecule has 0 saturated heterocycles. The van der Waals surface area contributed by atoms with E-state index in [0.29, 0.717) is 5.56 Å². The summed E-state index contributed by atoms with van der Waals surface area (Å²) in [5.41, 5.74) is 7.23. The van der Waals surface area contributed by atoms with Gasteiger partial charge in [-0.3, -0.25) is 0 Å². The number of hydrogen-bond acceptors (Lipinski definition) is 4. The van der Waals surface area contributed by atoms with Gasteiger partial charge in [-0.2, -0.15) is 0 Å². The smallest absolute Gasteiger partial charge is 0.337 e. The number of nitrogens with zero attached hydrogens (tertiary/aromatic N) is 1. The highest BCUT2D eigenvalue weighted by Crippen LogP contribution is 2.50. The van der Waals surface area contributed by atoms with Crippen molar-refractivity contribution in [3.05, 3.63) is 90.0 Å². The van der Waals surface area contributed by atoms with Gasteiger partial charge in [0, 0.05) is 41.2 Å². The van der Waals surface area contributed by atoms with Crippen LogP contribution in [0.2, 0.25) is 0 Å². The van der Waals surface area contributed by atoms with Gasteiger partial charge < -0.3 is 18.8 Å². The maximum Gasteiger partial charge on any atom is 0.337 e. The lowest BCUT2D eigenvalue weighted by atomic mass is 9.92. The summed E-state index contributed by atoms with van der Waals surface area (Å²) in [6.45, 7) is 0.919. The lowest BCUT2D eigenvalue weighted by Gasteiger charge is -2.15. The summed E-state index contributed by atoms with van der Waals surface area (Å²) in [6.07, 6.45) is 0. The molecule has 6 rings (SSSR count). The van der Waals surface area contributed by atoms with Crippen molar-refractivity contribution < 1.29 is 19.0 Å². The van der Waals surface area contributed by atoms with E-state index < -0.39 is 0 Å². The zero-order valence-electron chi connectivity index (χ0n) is 19.0. The van der Waals surface area contributed by atoms with Crippen LogP contribution in [0.4, 0.5) is 0 Å². The predicted octanol–water partition coefficient (Wildman–Crippen LogP) is 6.26. The van der Waals surface area contributed by atoms with E-state index in [1.165, 1.54) is 18.2 Å². The quantitative estimate of drug-likeness (QED) is 0.230. The SMILES string of the molecule is COCOc1ccc2ccccc2c1-c1c2n(c3ccc(C(=O)OC)cc13)Cc1ccccc1-2. The number of benzene rings is 4. The van der Waals surface area contributed by atoms with Gasteiger partial charge in [-0.25, -0.2) is 4.79 Å². The normalized spacial score (nSPS) is 12.1. The summed E-state index contributed by atoms with van der Waals surface area (Å²) in [7, 11) is 3.02. The van der Waals surface area contributed by atoms with E-state index in [4.69, 9.17) is 14.2 Å². The molecule has 5 heteroatoms. The number of carbonyl (C=O) groups is 1. The minimum Gasteiger partial charge on any atom is -0.467 e. The minimum atomic E-state index is -0.353. The van der Waals surface area contributed by atoms with Crippen LogP contribution in [-0.4, -0.2) is 31.5 Å². The van der Waals surface area contributed by atoms with Gasteiger partial charge in [-0.1, -0.05) is 54.6 Å². The lowest BCUT2D eigenvalue weighted by molar-refractivity contribution is 0.0516. The van der Waals surface area contributed by atoms with E-state index in [1.54, 1.807) is 7.11 Å². The number of aromatic nitrogens is 1. The van der Waals surface area contributed by atoms with Gasteiger partial charge in [0.1, 0.15) is 5.75 Å². The van der Waals surface area contributed by atoms with Crippen molar-refractivity contribution in [2.45, 2.75) is 6.54 Å². The van der Waals surface area contributed by atoms with Crippen LogP contribution in [0.15, 0.2) is 78.9 Å². The molecule has 5 nitrogen and oxygen atoms in total. The second-order valence-electron chi connectivity index (χ2n) is 8.40. The van der Waals surface area contributed by atoms with Crippen LogP contribution in [-0.2, 0) is 16.0 Å². The molecule has 0 bridgehead atoms. The summed E-state index contributed by atoms with van der Waals surface area (Å²) in [4.78, 5) is 12.4. The van der Waals surface area contributed by atoms with Crippen LogP contribution >= 0.6 is 0 Å². The molecule has 0 fully saturated rings. The van der Waals surface area contributed by atoms with Crippen molar-refractivity contribution in [3.63, 3.8) is 0 Å². The molecule has 2 heterocycles. The Labute approximate surface area is 197 Å². The summed E-state index contributed by atoms with van der Waals surface area (Å²) < 4.78 is 18.7. The molecule has 1 aromatic heterocycles. The molecule has 0 unspecified atom stereocenters. The van der Waals surface area contributed by atoms with Crippen LogP contribution in [0.1, 0.15) is 15.9 Å². The number of rotatable bonds is 5. The third-order valence-corrected chi connectivity index (χ3v) is 6.56. The fourth-order valence-electron chi connectivity index (χ4n) is 5.11. The van der Waals surface area contributed by atoms with E-state index in [-0.39, 0.29) is 12.8 Å². The maximum absolute atomic E-state index is 12.4. The zero-order valence-corrected chi connectivity index (χ0v) is 19.0. The number of hydrogen-bond donors (Lipinski definition) is 0. The highest BCUT2D eigenvalue weighted by atomic mass is 16.7. The topological polar surface area (TPSA) is 49.7 Å². The van der Waals surface area contributed by atoms with E-state index in [9.17, 15) is 4.79 Å².